The highest BCUT2D eigenvalue weighted by molar-refractivity contribution is 5.95. The van der Waals surface area contributed by atoms with Gasteiger partial charge in [0, 0.05) is 6.04 Å². The van der Waals surface area contributed by atoms with Crippen molar-refractivity contribution in [3.63, 3.8) is 0 Å². The van der Waals surface area contributed by atoms with Gasteiger partial charge in [0.1, 0.15) is 5.82 Å². The Morgan fingerprint density at radius 1 is 1.38 bits per heavy atom. The normalized spacial score (nSPS) is 20.8. The maximum atomic E-state index is 13.7. The number of nitro groups is 1. The Hall–Kier alpha value is -2.56. The summed E-state index contributed by atoms with van der Waals surface area (Å²) in [4.78, 5) is 21.3. The van der Waals surface area contributed by atoms with E-state index in [4.69, 9.17) is 5.26 Å². The van der Waals surface area contributed by atoms with Gasteiger partial charge in [0.2, 0.25) is 5.82 Å². The van der Waals surface area contributed by atoms with E-state index in [1.54, 1.807) is 0 Å². The van der Waals surface area contributed by atoms with Crippen molar-refractivity contribution in [3.8, 4) is 6.07 Å². The molecule has 1 aliphatic rings. The van der Waals surface area contributed by atoms with Crippen molar-refractivity contribution >= 4 is 11.6 Å². The van der Waals surface area contributed by atoms with Crippen molar-refractivity contribution in [3.05, 3.63) is 39.4 Å². The van der Waals surface area contributed by atoms with Gasteiger partial charge in [-0.25, -0.2) is 4.39 Å². The zero-order valence-electron chi connectivity index (χ0n) is 10.8. The summed E-state index contributed by atoms with van der Waals surface area (Å²) >= 11 is 0. The molecule has 0 aliphatic heterocycles. The number of nitrogens with zero attached hydrogens (tertiary/aromatic N) is 2. The molecule has 21 heavy (non-hydrogen) atoms. The highest BCUT2D eigenvalue weighted by atomic mass is 19.1. The van der Waals surface area contributed by atoms with E-state index in [9.17, 15) is 23.7 Å². The van der Waals surface area contributed by atoms with Crippen LogP contribution >= 0.6 is 0 Å². The molecule has 1 N–H and O–H groups in total. The molecule has 0 aromatic heterocycles. The van der Waals surface area contributed by atoms with Crippen LogP contribution in [0.15, 0.2) is 12.1 Å². The molecule has 110 valence electrons. The lowest BCUT2D eigenvalue weighted by Gasteiger charge is -2.15. The van der Waals surface area contributed by atoms with Crippen LogP contribution < -0.4 is 5.32 Å². The molecule has 0 spiro atoms. The van der Waals surface area contributed by atoms with Crippen LogP contribution in [0.25, 0.3) is 0 Å². The minimum atomic E-state index is -1.28. The third kappa shape index (κ3) is 2.97. The van der Waals surface area contributed by atoms with Crippen LogP contribution in [-0.2, 0) is 0 Å². The second-order valence-electron chi connectivity index (χ2n) is 4.79. The van der Waals surface area contributed by atoms with E-state index in [2.05, 4.69) is 5.32 Å². The van der Waals surface area contributed by atoms with Crippen LogP contribution in [-0.4, -0.2) is 16.9 Å². The first-order valence-electron chi connectivity index (χ1n) is 6.28. The molecule has 8 heteroatoms. The second-order valence-corrected chi connectivity index (χ2v) is 4.79. The van der Waals surface area contributed by atoms with Gasteiger partial charge in [-0.05, 0) is 25.3 Å². The lowest BCUT2D eigenvalue weighted by atomic mass is 10.0. The van der Waals surface area contributed by atoms with Gasteiger partial charge in [-0.1, -0.05) is 0 Å². The van der Waals surface area contributed by atoms with Crippen LogP contribution in [0.4, 0.5) is 14.5 Å². The molecule has 1 aromatic carbocycles. The van der Waals surface area contributed by atoms with E-state index in [0.29, 0.717) is 25.0 Å². The molecule has 2 rings (SSSR count). The zero-order valence-corrected chi connectivity index (χ0v) is 10.8. The second kappa shape index (κ2) is 5.83. The number of nitrogens with one attached hydrogen (secondary N) is 1. The molecule has 0 heterocycles. The number of carbonyl (C=O) groups is 1. The minimum Gasteiger partial charge on any atom is -0.348 e. The van der Waals surface area contributed by atoms with Crippen LogP contribution in [0.5, 0.6) is 0 Å². The van der Waals surface area contributed by atoms with Crippen LogP contribution in [0, 0.1) is 39.0 Å². The smallest absolute Gasteiger partial charge is 0.307 e. The van der Waals surface area contributed by atoms with E-state index in [1.807, 2.05) is 6.07 Å². The van der Waals surface area contributed by atoms with Gasteiger partial charge >= 0.3 is 5.69 Å². The van der Waals surface area contributed by atoms with Gasteiger partial charge in [-0.2, -0.15) is 9.65 Å². The molecule has 2 atom stereocenters. The van der Waals surface area contributed by atoms with E-state index < -0.39 is 39.8 Å². The number of hydrogen-bond donors (Lipinski definition) is 1. The van der Waals surface area contributed by atoms with E-state index in [0.717, 1.165) is 6.42 Å². The molecule has 1 saturated carbocycles. The number of carbonyl (C=O) groups excluding carboxylic acids is 1. The molecule has 1 aliphatic carbocycles. The summed E-state index contributed by atoms with van der Waals surface area (Å²) in [6, 6.07) is 2.51. The number of nitriles is 1. The van der Waals surface area contributed by atoms with Crippen LogP contribution in [0.3, 0.4) is 0 Å². The third-order valence-electron chi connectivity index (χ3n) is 3.48. The summed E-state index contributed by atoms with van der Waals surface area (Å²) in [5.41, 5.74) is -1.64. The molecule has 1 amide bonds. The van der Waals surface area contributed by atoms with Gasteiger partial charge in [0.05, 0.1) is 28.5 Å². The first-order valence-corrected chi connectivity index (χ1v) is 6.28. The van der Waals surface area contributed by atoms with Crippen molar-refractivity contribution in [2.45, 2.75) is 25.3 Å². The number of rotatable bonds is 3. The van der Waals surface area contributed by atoms with Gasteiger partial charge in [0.25, 0.3) is 5.91 Å². The van der Waals surface area contributed by atoms with Crippen LogP contribution in [0.1, 0.15) is 29.6 Å². The van der Waals surface area contributed by atoms with Crippen molar-refractivity contribution < 1.29 is 18.5 Å². The van der Waals surface area contributed by atoms with Gasteiger partial charge < -0.3 is 5.32 Å². The molecule has 2 unspecified atom stereocenters. The number of halogens is 2. The Labute approximate surface area is 118 Å². The molecule has 1 aromatic rings. The Morgan fingerprint density at radius 3 is 2.71 bits per heavy atom. The van der Waals surface area contributed by atoms with Gasteiger partial charge in [-0.3, -0.25) is 14.9 Å². The Kier molecular flexibility index (Phi) is 4.12. The molecular formula is C13H11F2N3O3. The minimum absolute atomic E-state index is 0.361. The fourth-order valence-electron chi connectivity index (χ4n) is 2.38. The molecule has 0 radical (unpaired) electrons. The Bertz CT molecular complexity index is 642. The van der Waals surface area contributed by atoms with E-state index in [1.165, 1.54) is 0 Å². The predicted molar refractivity (Wildman–Crippen MR) is 67.2 cm³/mol. The summed E-state index contributed by atoms with van der Waals surface area (Å²) in [7, 11) is 0. The number of amides is 1. The molecular weight excluding hydrogens is 284 g/mol. The number of benzene rings is 1. The average Bonchev–Trinajstić information content (AvgIpc) is 2.87. The quantitative estimate of drug-likeness (QED) is 0.683. The summed E-state index contributed by atoms with van der Waals surface area (Å²) in [6.07, 6.45) is 1.99. The van der Waals surface area contributed by atoms with Crippen molar-refractivity contribution in [2.75, 3.05) is 0 Å². The van der Waals surface area contributed by atoms with E-state index in [-0.39, 0.29) is 5.92 Å². The largest absolute Gasteiger partial charge is 0.348 e. The highest BCUT2D eigenvalue weighted by Crippen LogP contribution is 2.26. The molecule has 1 fully saturated rings. The number of nitro benzene ring substituents is 1. The lowest BCUT2D eigenvalue weighted by Crippen LogP contribution is -2.37. The zero-order chi connectivity index (χ0) is 15.6. The standard InChI is InChI=1S/C13H11F2N3O3/c14-9-5-12(18(20)21)10(15)4-8(9)13(19)17-11-3-1-2-7(11)6-16/h4-5,7,11H,1-3H2,(H,17,19). The molecule has 0 bridgehead atoms. The first-order chi connectivity index (χ1) is 9.93. The Morgan fingerprint density at radius 2 is 2.10 bits per heavy atom. The fraction of sp³-hybridized carbons (Fsp3) is 0.385. The summed E-state index contributed by atoms with van der Waals surface area (Å²) in [6.45, 7) is 0. The predicted octanol–water partition coefficient (Wildman–Crippen LogP) is 2.30. The van der Waals surface area contributed by atoms with Crippen molar-refractivity contribution in [2.24, 2.45) is 5.92 Å². The summed E-state index contributed by atoms with van der Waals surface area (Å²) in [5, 5.41) is 21.9. The first kappa shape index (κ1) is 14.8. The van der Waals surface area contributed by atoms with Crippen molar-refractivity contribution in [1.29, 1.82) is 5.26 Å². The lowest BCUT2D eigenvalue weighted by molar-refractivity contribution is -0.387. The molecule has 6 nitrogen and oxygen atoms in total. The SMILES string of the molecule is N#CC1CCCC1NC(=O)c1cc(F)c([N+](=O)[O-])cc1F. The summed E-state index contributed by atoms with van der Waals surface area (Å²) in [5.74, 6) is -3.70. The van der Waals surface area contributed by atoms with Crippen LogP contribution in [0.2, 0.25) is 0 Å². The molecule has 0 saturated heterocycles. The topological polar surface area (TPSA) is 96.0 Å². The maximum Gasteiger partial charge on any atom is 0.307 e. The van der Waals surface area contributed by atoms with E-state index >= 15 is 0 Å². The third-order valence-corrected chi connectivity index (χ3v) is 3.48. The Balaban J connectivity index is 2.22. The highest BCUT2D eigenvalue weighted by Gasteiger charge is 2.30. The number of hydrogen-bond acceptors (Lipinski definition) is 4. The average molecular weight is 295 g/mol. The van der Waals surface area contributed by atoms with Crippen molar-refractivity contribution in [1.82, 2.24) is 5.32 Å². The summed E-state index contributed by atoms with van der Waals surface area (Å²) < 4.78 is 27.2. The maximum absolute atomic E-state index is 13.7. The fourth-order valence-corrected chi connectivity index (χ4v) is 2.38. The van der Waals surface area contributed by atoms with Gasteiger partial charge in [0.15, 0.2) is 0 Å². The monoisotopic (exact) mass is 295 g/mol. The van der Waals surface area contributed by atoms with Gasteiger partial charge in [-0.15, -0.1) is 0 Å².